The van der Waals surface area contributed by atoms with Crippen molar-refractivity contribution in [2.45, 2.75) is 19.6 Å². The largest absolute Gasteiger partial charge is 0.346 e. The zero-order chi connectivity index (χ0) is 16.9. The molecule has 0 aliphatic heterocycles. The minimum absolute atomic E-state index is 0. The van der Waals surface area contributed by atoms with Crippen LogP contribution in [0.25, 0.3) is 0 Å². The molecule has 0 saturated carbocycles. The Morgan fingerprint density at radius 2 is 2.04 bits per heavy atom. The second-order valence-electron chi connectivity index (χ2n) is 4.99. The fourth-order valence-electron chi connectivity index (χ4n) is 2.09. The molecule has 0 fully saturated rings. The third-order valence-electron chi connectivity index (χ3n) is 3.32. The number of benzene rings is 1. The Kier molecular flexibility index (Phi) is 6.57. The van der Waals surface area contributed by atoms with E-state index in [1.165, 1.54) is 23.5 Å². The summed E-state index contributed by atoms with van der Waals surface area (Å²) in [7, 11) is 0. The smallest absolute Gasteiger partial charge is 0.282 e. The highest BCUT2D eigenvalue weighted by Crippen LogP contribution is 2.12. The van der Waals surface area contributed by atoms with Gasteiger partial charge in [-0.15, -0.1) is 22.6 Å². The van der Waals surface area contributed by atoms with Gasteiger partial charge in [0.25, 0.3) is 5.91 Å². The lowest BCUT2D eigenvalue weighted by Crippen LogP contribution is -2.22. The highest BCUT2D eigenvalue weighted by Gasteiger charge is 2.13. The molecular weight excluding hydrogens is 367 g/mol. The lowest BCUT2D eigenvalue weighted by Gasteiger charge is -2.03. The average molecular weight is 383 g/mol. The fourth-order valence-corrected chi connectivity index (χ4v) is 2.84. The molecule has 3 rings (SSSR count). The van der Waals surface area contributed by atoms with Gasteiger partial charge in [0.15, 0.2) is 0 Å². The number of aromatic nitrogens is 4. The molecule has 0 aliphatic rings. The van der Waals surface area contributed by atoms with E-state index >= 15 is 0 Å². The van der Waals surface area contributed by atoms with Crippen molar-refractivity contribution in [3.63, 3.8) is 0 Å². The molecule has 0 saturated heterocycles. The number of rotatable bonds is 6. The summed E-state index contributed by atoms with van der Waals surface area (Å²) < 4.78 is 14.7. The van der Waals surface area contributed by atoms with Gasteiger partial charge in [0.1, 0.15) is 16.6 Å². The third kappa shape index (κ3) is 4.81. The molecule has 2 aromatic heterocycles. The van der Waals surface area contributed by atoms with Crippen molar-refractivity contribution in [1.29, 1.82) is 0 Å². The topological polar surface area (TPSA) is 98.7 Å². The second-order valence-corrected chi connectivity index (χ2v) is 6.05. The van der Waals surface area contributed by atoms with Crippen LogP contribution in [0.2, 0.25) is 0 Å². The van der Waals surface area contributed by atoms with E-state index in [0.29, 0.717) is 24.6 Å². The number of amides is 1. The maximum atomic E-state index is 12.8. The summed E-state index contributed by atoms with van der Waals surface area (Å²) in [5.41, 5.74) is 6.41. The van der Waals surface area contributed by atoms with E-state index in [1.54, 1.807) is 24.5 Å². The van der Waals surface area contributed by atoms with Crippen molar-refractivity contribution in [1.82, 2.24) is 25.1 Å². The first-order chi connectivity index (χ1) is 11.7. The van der Waals surface area contributed by atoms with E-state index in [-0.39, 0.29) is 29.1 Å². The van der Waals surface area contributed by atoms with E-state index in [0.717, 1.165) is 11.4 Å². The summed E-state index contributed by atoms with van der Waals surface area (Å²) in [6.45, 7) is 1.10. The van der Waals surface area contributed by atoms with Gasteiger partial charge >= 0.3 is 0 Å². The zero-order valence-electron chi connectivity index (χ0n) is 13.1. The van der Waals surface area contributed by atoms with Gasteiger partial charge in [0.2, 0.25) is 5.01 Å². The highest BCUT2D eigenvalue weighted by molar-refractivity contribution is 7.13. The molecule has 132 valence electrons. The summed E-state index contributed by atoms with van der Waals surface area (Å²) in [4.78, 5) is 16.2. The van der Waals surface area contributed by atoms with Crippen LogP contribution in [0.4, 0.5) is 4.39 Å². The molecule has 0 spiro atoms. The molecule has 0 atom stereocenters. The number of hydrogen-bond donors (Lipinski definition) is 2. The van der Waals surface area contributed by atoms with E-state index in [4.69, 9.17) is 5.73 Å². The predicted octanol–water partition coefficient (Wildman–Crippen LogP) is 1.73. The second kappa shape index (κ2) is 8.65. The van der Waals surface area contributed by atoms with Gasteiger partial charge in [-0.05, 0) is 17.7 Å². The molecule has 0 unspecified atom stereocenters. The van der Waals surface area contributed by atoms with Crippen LogP contribution in [-0.2, 0) is 19.6 Å². The maximum absolute atomic E-state index is 12.8. The predicted molar refractivity (Wildman–Crippen MR) is 93.9 cm³/mol. The number of nitrogens with zero attached hydrogens (tertiary/aromatic N) is 4. The van der Waals surface area contributed by atoms with Crippen LogP contribution in [0, 0.1) is 5.82 Å². The van der Waals surface area contributed by atoms with Crippen molar-refractivity contribution >= 4 is 29.7 Å². The molecule has 7 nitrogen and oxygen atoms in total. The molecule has 1 amide bonds. The molecular formula is C15H16ClFN6OS. The summed E-state index contributed by atoms with van der Waals surface area (Å²) in [5, 5.41) is 11.6. The first kappa shape index (κ1) is 19.0. The van der Waals surface area contributed by atoms with E-state index in [2.05, 4.69) is 20.5 Å². The number of carbonyl (C=O) groups excluding carboxylic acids is 1. The van der Waals surface area contributed by atoms with Crippen molar-refractivity contribution < 1.29 is 9.18 Å². The van der Waals surface area contributed by atoms with Crippen LogP contribution >= 0.6 is 23.7 Å². The standard InChI is InChI=1S/C15H15FN6OS.ClH/c16-11-3-1-10(2-4-11)8-19-14(23)15-21-20-13(24-15)9-22-6-5-18-12(22)7-17;/h1-6H,7-9,17H2,(H,19,23);1H. The van der Waals surface area contributed by atoms with Gasteiger partial charge in [-0.1, -0.05) is 23.5 Å². The molecule has 0 aliphatic carbocycles. The lowest BCUT2D eigenvalue weighted by molar-refractivity contribution is 0.0950. The van der Waals surface area contributed by atoms with Crippen molar-refractivity contribution in [3.05, 3.63) is 63.9 Å². The maximum Gasteiger partial charge on any atom is 0.282 e. The number of nitrogens with one attached hydrogen (secondary N) is 1. The Balaban J connectivity index is 0.00000225. The van der Waals surface area contributed by atoms with Gasteiger partial charge in [0.05, 0.1) is 13.1 Å². The minimum Gasteiger partial charge on any atom is -0.346 e. The normalized spacial score (nSPS) is 10.3. The number of hydrogen-bond acceptors (Lipinski definition) is 6. The molecule has 25 heavy (non-hydrogen) atoms. The summed E-state index contributed by atoms with van der Waals surface area (Å²) >= 11 is 1.21. The van der Waals surface area contributed by atoms with Crippen LogP contribution in [0.3, 0.4) is 0 Å². The molecule has 2 heterocycles. The van der Waals surface area contributed by atoms with Crippen LogP contribution in [-0.4, -0.2) is 25.7 Å². The SMILES string of the molecule is Cl.NCc1nccn1Cc1nnc(C(=O)NCc2ccc(F)cc2)s1. The Morgan fingerprint density at radius 3 is 2.76 bits per heavy atom. The zero-order valence-corrected chi connectivity index (χ0v) is 14.7. The van der Waals surface area contributed by atoms with Gasteiger partial charge in [-0.25, -0.2) is 9.37 Å². The quantitative estimate of drug-likeness (QED) is 0.676. The Morgan fingerprint density at radius 1 is 1.28 bits per heavy atom. The van der Waals surface area contributed by atoms with Crippen LogP contribution in [0.5, 0.6) is 0 Å². The first-order valence-corrected chi connectivity index (χ1v) is 8.02. The molecule has 0 radical (unpaired) electrons. The van der Waals surface area contributed by atoms with Crippen LogP contribution in [0.15, 0.2) is 36.7 Å². The monoisotopic (exact) mass is 382 g/mol. The van der Waals surface area contributed by atoms with E-state index < -0.39 is 0 Å². The Bertz CT molecular complexity index is 835. The molecule has 0 bridgehead atoms. The minimum atomic E-state index is -0.312. The number of halogens is 2. The van der Waals surface area contributed by atoms with Crippen LogP contribution in [0.1, 0.15) is 26.2 Å². The van der Waals surface area contributed by atoms with Crippen molar-refractivity contribution in [3.8, 4) is 0 Å². The van der Waals surface area contributed by atoms with Crippen molar-refractivity contribution in [2.24, 2.45) is 5.73 Å². The lowest BCUT2D eigenvalue weighted by atomic mass is 10.2. The number of nitrogens with two attached hydrogens (primary N) is 1. The fraction of sp³-hybridized carbons (Fsp3) is 0.200. The van der Waals surface area contributed by atoms with Crippen LogP contribution < -0.4 is 11.1 Å². The molecule has 3 aromatic rings. The summed E-state index contributed by atoms with van der Waals surface area (Å²) in [5.74, 6) is 0.121. The van der Waals surface area contributed by atoms with E-state index in [9.17, 15) is 9.18 Å². The summed E-state index contributed by atoms with van der Waals surface area (Å²) in [6, 6.07) is 5.94. The molecule has 1 aromatic carbocycles. The van der Waals surface area contributed by atoms with Crippen molar-refractivity contribution in [2.75, 3.05) is 0 Å². The number of carbonyl (C=O) groups is 1. The van der Waals surface area contributed by atoms with Gasteiger partial charge in [0, 0.05) is 18.9 Å². The number of imidazole rings is 1. The Hall–Kier alpha value is -2.36. The van der Waals surface area contributed by atoms with E-state index in [1.807, 2.05) is 4.57 Å². The molecule has 10 heteroatoms. The Labute approximate surface area is 153 Å². The van der Waals surface area contributed by atoms with Gasteiger partial charge in [-0.2, -0.15) is 0 Å². The first-order valence-electron chi connectivity index (χ1n) is 7.21. The highest BCUT2D eigenvalue weighted by atomic mass is 35.5. The van der Waals surface area contributed by atoms with Gasteiger partial charge < -0.3 is 15.6 Å². The average Bonchev–Trinajstić information content (AvgIpc) is 3.23. The summed E-state index contributed by atoms with van der Waals surface area (Å²) in [6.07, 6.45) is 3.47. The van der Waals surface area contributed by atoms with Gasteiger partial charge in [-0.3, -0.25) is 4.79 Å². The third-order valence-corrected chi connectivity index (χ3v) is 4.22. The molecule has 3 N–H and O–H groups in total.